The molecular formula is C21H46O7Si. The molecular weight excluding hydrogens is 392 g/mol. The van der Waals surface area contributed by atoms with E-state index in [1.165, 1.54) is 0 Å². The SMILES string of the molecule is CC(C)[Si](OCCOCCOCCOCCOCCOCCO)(C(C)C)C(C)C. The molecule has 0 aromatic heterocycles. The smallest absolute Gasteiger partial charge is 0.200 e. The quantitative estimate of drug-likeness (QED) is 0.218. The third-order valence-corrected chi connectivity index (χ3v) is 11.1. The van der Waals surface area contributed by atoms with E-state index in [1.54, 1.807) is 0 Å². The molecule has 0 radical (unpaired) electrons. The van der Waals surface area contributed by atoms with Gasteiger partial charge < -0.3 is 33.2 Å². The molecule has 0 aliphatic heterocycles. The van der Waals surface area contributed by atoms with Crippen molar-refractivity contribution in [1.82, 2.24) is 0 Å². The number of ether oxygens (including phenoxy) is 5. The topological polar surface area (TPSA) is 75.6 Å². The van der Waals surface area contributed by atoms with E-state index >= 15 is 0 Å². The fourth-order valence-electron chi connectivity index (χ4n) is 3.82. The van der Waals surface area contributed by atoms with Crippen LogP contribution >= 0.6 is 0 Å². The van der Waals surface area contributed by atoms with Gasteiger partial charge in [-0.25, -0.2) is 0 Å². The molecule has 176 valence electrons. The lowest BCUT2D eigenvalue weighted by molar-refractivity contribution is -0.0149. The highest BCUT2D eigenvalue weighted by atomic mass is 28.4. The monoisotopic (exact) mass is 438 g/mol. The Kier molecular flexibility index (Phi) is 18.6. The third kappa shape index (κ3) is 13.1. The van der Waals surface area contributed by atoms with Crippen molar-refractivity contribution in [3.8, 4) is 0 Å². The maximum absolute atomic E-state index is 8.56. The van der Waals surface area contributed by atoms with Crippen LogP contribution in [0.3, 0.4) is 0 Å². The molecule has 0 atom stereocenters. The predicted molar refractivity (Wildman–Crippen MR) is 118 cm³/mol. The molecule has 1 N–H and O–H groups in total. The Morgan fingerprint density at radius 1 is 0.483 bits per heavy atom. The molecule has 0 saturated carbocycles. The van der Waals surface area contributed by atoms with Gasteiger partial charge in [0.1, 0.15) is 0 Å². The van der Waals surface area contributed by atoms with Crippen LogP contribution in [-0.2, 0) is 28.1 Å². The minimum absolute atomic E-state index is 0.0403. The van der Waals surface area contributed by atoms with Gasteiger partial charge in [0.15, 0.2) is 8.32 Å². The number of hydrogen-bond donors (Lipinski definition) is 1. The van der Waals surface area contributed by atoms with Crippen LogP contribution in [0, 0.1) is 0 Å². The lowest BCUT2D eigenvalue weighted by Crippen LogP contribution is -2.48. The summed E-state index contributed by atoms with van der Waals surface area (Å²) in [4.78, 5) is 0. The molecule has 0 aromatic rings. The van der Waals surface area contributed by atoms with E-state index < -0.39 is 8.32 Å². The molecule has 0 heterocycles. The van der Waals surface area contributed by atoms with Crippen LogP contribution in [0.1, 0.15) is 41.5 Å². The molecule has 0 aromatic carbocycles. The normalized spacial score (nSPS) is 12.6. The van der Waals surface area contributed by atoms with Crippen LogP contribution < -0.4 is 0 Å². The zero-order valence-electron chi connectivity index (χ0n) is 19.6. The molecule has 0 aliphatic rings. The van der Waals surface area contributed by atoms with Crippen molar-refractivity contribution in [3.63, 3.8) is 0 Å². The van der Waals surface area contributed by atoms with E-state index in [0.29, 0.717) is 89.3 Å². The molecule has 8 heteroatoms. The van der Waals surface area contributed by atoms with Crippen molar-refractivity contribution in [2.75, 3.05) is 79.3 Å². The standard InChI is InChI=1S/C21H46O7Si/c1-19(2)29(20(3)4,21(5)6)28-18-17-27-16-15-26-14-13-25-12-11-24-10-9-23-8-7-22/h19-22H,7-18H2,1-6H3. The zero-order chi connectivity index (χ0) is 22.0. The Labute approximate surface area is 179 Å². The summed E-state index contributed by atoms with van der Waals surface area (Å²) >= 11 is 0. The van der Waals surface area contributed by atoms with E-state index in [1.807, 2.05) is 0 Å². The Bertz CT molecular complexity index is 332. The summed E-state index contributed by atoms with van der Waals surface area (Å²) in [6, 6.07) is 0. The zero-order valence-corrected chi connectivity index (χ0v) is 20.6. The van der Waals surface area contributed by atoms with Crippen LogP contribution in [0.2, 0.25) is 16.6 Å². The molecule has 0 aliphatic carbocycles. The third-order valence-electron chi connectivity index (χ3n) is 5.01. The fourth-order valence-corrected chi connectivity index (χ4v) is 9.26. The maximum Gasteiger partial charge on any atom is 0.200 e. The van der Waals surface area contributed by atoms with E-state index in [9.17, 15) is 0 Å². The minimum Gasteiger partial charge on any atom is -0.414 e. The van der Waals surface area contributed by atoms with E-state index in [2.05, 4.69) is 41.5 Å². The average Bonchev–Trinajstić information content (AvgIpc) is 2.66. The van der Waals surface area contributed by atoms with Crippen molar-refractivity contribution in [2.24, 2.45) is 0 Å². The molecule has 0 spiro atoms. The summed E-state index contributed by atoms with van der Waals surface area (Å²) in [6.45, 7) is 19.7. The number of aliphatic hydroxyl groups is 1. The number of hydrogen-bond acceptors (Lipinski definition) is 7. The van der Waals surface area contributed by atoms with Gasteiger partial charge in [-0.3, -0.25) is 0 Å². The van der Waals surface area contributed by atoms with Crippen LogP contribution in [0.15, 0.2) is 0 Å². The molecule has 0 unspecified atom stereocenters. The Morgan fingerprint density at radius 2 is 0.759 bits per heavy atom. The van der Waals surface area contributed by atoms with E-state index in [4.69, 9.17) is 33.2 Å². The predicted octanol–water partition coefficient (Wildman–Crippen LogP) is 3.25. The van der Waals surface area contributed by atoms with Crippen molar-refractivity contribution in [1.29, 1.82) is 0 Å². The second-order valence-electron chi connectivity index (χ2n) is 7.95. The van der Waals surface area contributed by atoms with Gasteiger partial charge in [0, 0.05) is 0 Å². The van der Waals surface area contributed by atoms with Gasteiger partial charge in [0.2, 0.25) is 0 Å². The molecule has 7 nitrogen and oxygen atoms in total. The molecule has 0 saturated heterocycles. The van der Waals surface area contributed by atoms with Crippen molar-refractivity contribution in [2.45, 2.75) is 58.2 Å². The second-order valence-corrected chi connectivity index (χ2v) is 13.4. The van der Waals surface area contributed by atoms with Gasteiger partial charge in [-0.1, -0.05) is 41.5 Å². The highest BCUT2D eigenvalue weighted by Gasteiger charge is 2.44. The highest BCUT2D eigenvalue weighted by Crippen LogP contribution is 2.42. The summed E-state index contributed by atoms with van der Waals surface area (Å²) in [5.74, 6) is 0. The lowest BCUT2D eigenvalue weighted by atomic mass is 10.5. The number of aliphatic hydroxyl groups excluding tert-OH is 1. The molecule has 0 fully saturated rings. The Morgan fingerprint density at radius 3 is 1.03 bits per heavy atom. The van der Waals surface area contributed by atoms with Crippen molar-refractivity contribution < 1.29 is 33.2 Å². The maximum atomic E-state index is 8.56. The van der Waals surface area contributed by atoms with Gasteiger partial charge in [0.05, 0.1) is 79.3 Å². The van der Waals surface area contributed by atoms with Crippen LogP contribution in [-0.4, -0.2) is 92.7 Å². The Hall–Kier alpha value is -0.0631. The van der Waals surface area contributed by atoms with Gasteiger partial charge >= 0.3 is 0 Å². The Balaban J connectivity index is 3.51. The first kappa shape index (κ1) is 28.9. The van der Waals surface area contributed by atoms with E-state index in [-0.39, 0.29) is 6.61 Å². The molecule has 0 amide bonds. The minimum atomic E-state index is -1.79. The van der Waals surface area contributed by atoms with Gasteiger partial charge in [-0.05, 0) is 16.6 Å². The summed E-state index contributed by atoms with van der Waals surface area (Å²) < 4.78 is 33.4. The van der Waals surface area contributed by atoms with Crippen LogP contribution in [0.25, 0.3) is 0 Å². The van der Waals surface area contributed by atoms with E-state index in [0.717, 1.165) is 0 Å². The largest absolute Gasteiger partial charge is 0.414 e. The molecule has 0 bridgehead atoms. The first-order valence-corrected chi connectivity index (χ1v) is 13.2. The van der Waals surface area contributed by atoms with Gasteiger partial charge in [0.25, 0.3) is 0 Å². The summed E-state index contributed by atoms with van der Waals surface area (Å²) in [6.07, 6.45) is 0. The van der Waals surface area contributed by atoms with Gasteiger partial charge in [-0.2, -0.15) is 0 Å². The van der Waals surface area contributed by atoms with Gasteiger partial charge in [-0.15, -0.1) is 0 Å². The second kappa shape index (κ2) is 18.7. The van der Waals surface area contributed by atoms with Crippen molar-refractivity contribution >= 4 is 8.32 Å². The fraction of sp³-hybridized carbons (Fsp3) is 1.00. The lowest BCUT2D eigenvalue weighted by Gasteiger charge is -2.42. The first-order chi connectivity index (χ1) is 13.9. The highest BCUT2D eigenvalue weighted by molar-refractivity contribution is 6.77. The first-order valence-electron chi connectivity index (χ1n) is 11.0. The number of rotatable bonds is 21. The van der Waals surface area contributed by atoms with Crippen LogP contribution in [0.5, 0.6) is 0 Å². The summed E-state index contributed by atoms with van der Waals surface area (Å²) in [7, 11) is -1.79. The van der Waals surface area contributed by atoms with Crippen LogP contribution in [0.4, 0.5) is 0 Å². The summed E-state index contributed by atoms with van der Waals surface area (Å²) in [5.41, 5.74) is 1.78. The van der Waals surface area contributed by atoms with Crippen molar-refractivity contribution in [3.05, 3.63) is 0 Å². The molecule has 29 heavy (non-hydrogen) atoms. The molecule has 0 rings (SSSR count). The average molecular weight is 439 g/mol. The summed E-state index contributed by atoms with van der Waals surface area (Å²) in [5, 5.41) is 8.56.